The second-order valence-electron chi connectivity index (χ2n) is 6.36. The highest BCUT2D eigenvalue weighted by Gasteiger charge is 2.17. The van der Waals surface area contributed by atoms with E-state index in [0.29, 0.717) is 5.39 Å². The third-order valence-corrected chi connectivity index (χ3v) is 3.18. The zero-order chi connectivity index (χ0) is 18.8. The highest BCUT2D eigenvalue weighted by Crippen LogP contribution is 2.21. The largest absolute Gasteiger partial charge is 0.464 e. The molecule has 0 aliphatic heterocycles. The van der Waals surface area contributed by atoms with Crippen molar-refractivity contribution in [3.63, 3.8) is 0 Å². The van der Waals surface area contributed by atoms with E-state index < -0.39 is 28.9 Å². The van der Waals surface area contributed by atoms with Crippen LogP contribution in [0.5, 0.6) is 0 Å². The molecule has 8 heteroatoms. The van der Waals surface area contributed by atoms with E-state index in [9.17, 15) is 18.8 Å². The molecule has 2 aromatic rings. The molecule has 2 N–H and O–H groups in total. The average molecular weight is 350 g/mol. The van der Waals surface area contributed by atoms with Gasteiger partial charge in [0.2, 0.25) is 0 Å². The number of aromatic amines is 1. The number of fused-ring (bicyclic) bond motifs is 1. The summed E-state index contributed by atoms with van der Waals surface area (Å²) in [5, 5.41) is 3.04. The van der Waals surface area contributed by atoms with Crippen LogP contribution in [-0.2, 0) is 14.3 Å². The first-order valence-corrected chi connectivity index (χ1v) is 7.51. The van der Waals surface area contributed by atoms with Gasteiger partial charge in [0, 0.05) is 0 Å². The molecule has 1 heterocycles. The Bertz CT molecular complexity index is 883. The number of pyridine rings is 1. The lowest BCUT2D eigenvalue weighted by Gasteiger charge is -2.19. The van der Waals surface area contributed by atoms with Gasteiger partial charge in [0.1, 0.15) is 23.7 Å². The van der Waals surface area contributed by atoms with Crippen LogP contribution < -0.4 is 10.9 Å². The van der Waals surface area contributed by atoms with Crippen LogP contribution in [0.2, 0.25) is 0 Å². The number of nitrogens with one attached hydrogen (secondary N) is 2. The lowest BCUT2D eigenvalue weighted by atomic mass is 10.1. The highest BCUT2D eigenvalue weighted by molar-refractivity contribution is 5.94. The van der Waals surface area contributed by atoms with Gasteiger partial charge >= 0.3 is 11.9 Å². The van der Waals surface area contributed by atoms with Crippen molar-refractivity contribution in [3.05, 3.63) is 40.1 Å². The van der Waals surface area contributed by atoms with Crippen molar-refractivity contribution in [2.45, 2.75) is 26.4 Å². The van der Waals surface area contributed by atoms with Crippen molar-refractivity contribution < 1.29 is 23.5 Å². The van der Waals surface area contributed by atoms with Gasteiger partial charge in [0.25, 0.3) is 5.56 Å². The molecule has 0 unspecified atom stereocenters. The third kappa shape index (κ3) is 4.56. The fourth-order valence-corrected chi connectivity index (χ4v) is 2.19. The summed E-state index contributed by atoms with van der Waals surface area (Å²) in [5.41, 5.74) is -1.30. The van der Waals surface area contributed by atoms with Gasteiger partial charge in [-0.15, -0.1) is 0 Å². The molecule has 0 aliphatic rings. The Hall–Kier alpha value is -2.90. The Kier molecular flexibility index (Phi) is 5.10. The minimum absolute atomic E-state index is 0.0137. The summed E-state index contributed by atoms with van der Waals surface area (Å²) in [6.45, 7) is 4.93. The van der Waals surface area contributed by atoms with Gasteiger partial charge in [0.05, 0.1) is 18.2 Å². The van der Waals surface area contributed by atoms with Crippen LogP contribution in [0.3, 0.4) is 0 Å². The van der Waals surface area contributed by atoms with Gasteiger partial charge in [-0.05, 0) is 44.4 Å². The van der Waals surface area contributed by atoms with E-state index >= 15 is 0 Å². The van der Waals surface area contributed by atoms with E-state index in [-0.39, 0.29) is 23.3 Å². The van der Waals surface area contributed by atoms with Gasteiger partial charge in [-0.25, -0.2) is 9.18 Å². The number of carbonyl (C=O) groups is 2. The molecule has 25 heavy (non-hydrogen) atoms. The summed E-state index contributed by atoms with van der Waals surface area (Å²) in [5.74, 6) is -1.97. The molecule has 0 atom stereocenters. The molecule has 0 spiro atoms. The van der Waals surface area contributed by atoms with Gasteiger partial charge in [0.15, 0.2) is 0 Å². The number of rotatable bonds is 4. The number of hydrogen-bond acceptors (Lipinski definition) is 6. The zero-order valence-corrected chi connectivity index (χ0v) is 14.4. The van der Waals surface area contributed by atoms with Crippen LogP contribution in [0.15, 0.2) is 23.0 Å². The van der Waals surface area contributed by atoms with Gasteiger partial charge < -0.3 is 19.8 Å². The predicted molar refractivity (Wildman–Crippen MR) is 90.2 cm³/mol. The summed E-state index contributed by atoms with van der Waals surface area (Å²) in [4.78, 5) is 37.6. The Labute approximate surface area is 143 Å². The number of H-pyrrole nitrogens is 1. The van der Waals surface area contributed by atoms with Crippen molar-refractivity contribution in [1.82, 2.24) is 4.98 Å². The third-order valence-electron chi connectivity index (χ3n) is 3.18. The minimum atomic E-state index is -0.716. The van der Waals surface area contributed by atoms with E-state index in [4.69, 9.17) is 4.74 Å². The Morgan fingerprint density at radius 3 is 2.52 bits per heavy atom. The van der Waals surface area contributed by atoms with Crippen molar-refractivity contribution in [3.8, 4) is 0 Å². The van der Waals surface area contributed by atoms with Crippen molar-refractivity contribution in [2.75, 3.05) is 19.0 Å². The molecule has 0 aliphatic carbocycles. The first-order chi connectivity index (χ1) is 11.6. The maximum Gasteiger partial charge on any atom is 0.354 e. The molecule has 7 nitrogen and oxygen atoms in total. The summed E-state index contributed by atoms with van der Waals surface area (Å²) in [6.07, 6.45) is 0. The molecule has 0 bridgehead atoms. The first kappa shape index (κ1) is 18.4. The lowest BCUT2D eigenvalue weighted by molar-refractivity contribution is -0.152. The topological polar surface area (TPSA) is 97.5 Å². The number of benzene rings is 1. The standard InChI is InChI=1S/C17H19FN2O5/c1-17(2,3)25-14(21)8-19-12-5-9-6-13(16(23)24-4)20-15(22)10(9)7-11(12)18/h5-7,19H,8H2,1-4H3,(H,20,22). The molecule has 0 radical (unpaired) electrons. The SMILES string of the molecule is COC(=O)c1cc2cc(NCC(=O)OC(C)(C)C)c(F)cc2c(=O)[nH]1. The van der Waals surface area contributed by atoms with Crippen molar-refractivity contribution in [2.24, 2.45) is 0 Å². The summed E-state index contributed by atoms with van der Waals surface area (Å²) in [7, 11) is 1.18. The number of aromatic nitrogens is 1. The van der Waals surface area contributed by atoms with Gasteiger partial charge in [-0.3, -0.25) is 9.59 Å². The molecule has 1 aromatic carbocycles. The number of ether oxygens (including phenoxy) is 2. The van der Waals surface area contributed by atoms with E-state index in [1.165, 1.54) is 19.2 Å². The molecule has 134 valence electrons. The number of carbonyl (C=O) groups excluding carboxylic acids is 2. The van der Waals surface area contributed by atoms with Crippen LogP contribution in [0, 0.1) is 5.82 Å². The molecule has 0 amide bonds. The van der Waals surface area contributed by atoms with Crippen LogP contribution in [0.25, 0.3) is 10.8 Å². The molecule has 0 saturated carbocycles. The summed E-state index contributed by atoms with van der Waals surface area (Å²) >= 11 is 0. The fourth-order valence-electron chi connectivity index (χ4n) is 2.19. The normalized spacial score (nSPS) is 11.2. The monoisotopic (exact) mass is 350 g/mol. The quantitative estimate of drug-likeness (QED) is 0.821. The van der Waals surface area contributed by atoms with Crippen molar-refractivity contribution >= 4 is 28.4 Å². The fraction of sp³-hybridized carbons (Fsp3) is 0.353. The number of methoxy groups -OCH3 is 1. The van der Waals surface area contributed by atoms with E-state index in [2.05, 4.69) is 15.0 Å². The average Bonchev–Trinajstić information content (AvgIpc) is 2.51. The van der Waals surface area contributed by atoms with Crippen LogP contribution in [0.1, 0.15) is 31.3 Å². The predicted octanol–water partition coefficient (Wildman–Crippen LogP) is 2.21. The van der Waals surface area contributed by atoms with Crippen LogP contribution in [-0.4, -0.2) is 36.2 Å². The first-order valence-electron chi connectivity index (χ1n) is 7.51. The second-order valence-corrected chi connectivity index (χ2v) is 6.36. The number of esters is 2. The molecule has 0 fully saturated rings. The number of halogens is 1. The zero-order valence-electron chi connectivity index (χ0n) is 14.4. The van der Waals surface area contributed by atoms with Crippen LogP contribution >= 0.6 is 0 Å². The molecular weight excluding hydrogens is 331 g/mol. The van der Waals surface area contributed by atoms with Crippen LogP contribution in [0.4, 0.5) is 10.1 Å². The number of anilines is 1. The molecule has 1 aromatic heterocycles. The summed E-state index contributed by atoms with van der Waals surface area (Å²) < 4.78 is 23.8. The molecule has 2 rings (SSSR count). The van der Waals surface area contributed by atoms with Crippen molar-refractivity contribution in [1.29, 1.82) is 0 Å². The lowest BCUT2D eigenvalue weighted by Crippen LogP contribution is -2.28. The Morgan fingerprint density at radius 1 is 1.24 bits per heavy atom. The van der Waals surface area contributed by atoms with E-state index in [1.807, 2.05) is 0 Å². The summed E-state index contributed by atoms with van der Waals surface area (Å²) in [6, 6.07) is 3.75. The Balaban J connectivity index is 2.32. The van der Waals surface area contributed by atoms with E-state index in [1.54, 1.807) is 20.8 Å². The highest BCUT2D eigenvalue weighted by atomic mass is 19.1. The van der Waals surface area contributed by atoms with Gasteiger partial charge in [-0.1, -0.05) is 0 Å². The maximum absolute atomic E-state index is 14.2. The molecule has 0 saturated heterocycles. The van der Waals surface area contributed by atoms with Gasteiger partial charge in [-0.2, -0.15) is 0 Å². The second kappa shape index (κ2) is 6.92. The smallest absolute Gasteiger partial charge is 0.354 e. The van der Waals surface area contributed by atoms with E-state index in [0.717, 1.165) is 6.07 Å². The minimum Gasteiger partial charge on any atom is -0.464 e. The molecular formula is C17H19FN2O5. The Morgan fingerprint density at radius 2 is 1.92 bits per heavy atom. The number of hydrogen-bond donors (Lipinski definition) is 2. The maximum atomic E-state index is 14.2.